The number of carbonyl (C=O) groups excluding carboxylic acids is 2. The Morgan fingerprint density at radius 3 is 2.50 bits per heavy atom. The molecule has 1 N–H and O–H groups in total. The van der Waals surface area contributed by atoms with Crippen LogP contribution in [-0.4, -0.2) is 76.9 Å². The van der Waals surface area contributed by atoms with Crippen molar-refractivity contribution in [3.63, 3.8) is 0 Å². The summed E-state index contributed by atoms with van der Waals surface area (Å²) in [6.07, 6.45) is 0.448. The number of nitrogens with zero attached hydrogens (tertiary/aromatic N) is 5. The van der Waals surface area contributed by atoms with Crippen molar-refractivity contribution in [1.29, 1.82) is 0 Å². The molecule has 8 heteroatoms. The monoisotopic (exact) mass is 382 g/mol. The van der Waals surface area contributed by atoms with Crippen molar-refractivity contribution in [2.24, 2.45) is 4.99 Å². The molecule has 1 aromatic rings. The number of benzene rings is 1. The van der Waals surface area contributed by atoms with Gasteiger partial charge in [0.2, 0.25) is 5.96 Å². The van der Waals surface area contributed by atoms with Crippen LogP contribution < -0.4 is 5.32 Å². The molecule has 28 heavy (non-hydrogen) atoms. The first-order chi connectivity index (χ1) is 13.4. The maximum Gasteiger partial charge on any atom is 0.328 e. The number of imide groups is 1. The quantitative estimate of drug-likeness (QED) is 0.788. The molecule has 1 fully saturated rings. The Labute approximate surface area is 165 Å². The number of allylic oxidation sites excluding steroid dienone is 2. The van der Waals surface area contributed by atoms with Crippen LogP contribution in [0.4, 0.5) is 10.5 Å². The third-order valence-electron chi connectivity index (χ3n) is 5.79. The minimum absolute atomic E-state index is 0.202. The lowest BCUT2D eigenvalue weighted by atomic mass is 10.1. The zero-order chi connectivity index (χ0) is 20.0. The molecule has 3 heterocycles. The summed E-state index contributed by atoms with van der Waals surface area (Å²) >= 11 is 0. The van der Waals surface area contributed by atoms with Crippen LogP contribution in [-0.2, 0) is 4.79 Å². The highest BCUT2D eigenvalue weighted by molar-refractivity contribution is 6.04. The minimum Gasteiger partial charge on any atom is -0.385 e. The van der Waals surface area contributed by atoms with Crippen LogP contribution in [0.25, 0.3) is 0 Å². The molecular weight excluding hydrogens is 356 g/mol. The average molecular weight is 382 g/mol. The van der Waals surface area contributed by atoms with Gasteiger partial charge in [0, 0.05) is 44.3 Å². The number of anilines is 1. The molecule has 8 nitrogen and oxygen atoms in total. The van der Waals surface area contributed by atoms with Crippen LogP contribution in [0, 0.1) is 0 Å². The highest BCUT2D eigenvalue weighted by atomic mass is 16.2. The van der Waals surface area contributed by atoms with Crippen LogP contribution in [0.1, 0.15) is 20.3 Å². The van der Waals surface area contributed by atoms with Gasteiger partial charge in [-0.3, -0.25) is 14.6 Å². The molecule has 3 amide bonds. The van der Waals surface area contributed by atoms with Crippen LogP contribution in [0.5, 0.6) is 0 Å². The predicted octanol–water partition coefficient (Wildman–Crippen LogP) is 1.95. The predicted molar refractivity (Wildman–Crippen MR) is 107 cm³/mol. The van der Waals surface area contributed by atoms with E-state index >= 15 is 0 Å². The Morgan fingerprint density at radius 1 is 1.07 bits per heavy atom. The maximum absolute atomic E-state index is 12.8. The summed E-state index contributed by atoms with van der Waals surface area (Å²) in [6.45, 7) is 5.70. The Bertz CT molecular complexity index is 865. The van der Waals surface area contributed by atoms with Crippen molar-refractivity contribution < 1.29 is 9.59 Å². The number of aliphatic imine (C=N–C) groups is 1. The number of hydrogen-bond donors (Lipinski definition) is 1. The molecule has 3 aliphatic heterocycles. The Balaban J connectivity index is 1.48. The lowest BCUT2D eigenvalue weighted by Crippen LogP contribution is -2.63. The van der Waals surface area contributed by atoms with Gasteiger partial charge in [-0.15, -0.1) is 0 Å². The number of carbonyl (C=O) groups is 2. The van der Waals surface area contributed by atoms with E-state index in [1.54, 1.807) is 11.9 Å². The van der Waals surface area contributed by atoms with Gasteiger partial charge in [0.25, 0.3) is 5.91 Å². The van der Waals surface area contributed by atoms with Gasteiger partial charge in [-0.1, -0.05) is 18.2 Å². The topological polar surface area (TPSA) is 71.5 Å². The highest BCUT2D eigenvalue weighted by Gasteiger charge is 2.54. The first-order valence-corrected chi connectivity index (χ1v) is 9.57. The standard InChI is InChI=1S/C20H26N6O2/c1-13-14(2)26-16-17(23(3)20(28)24(4)18(16)27)22-19(26)25(13)12-8-11-21-15-9-6-5-7-10-15/h5-7,9-10,16-17,21H,8,11-12H2,1-4H3. The molecule has 0 radical (unpaired) electrons. The second-order valence-electron chi connectivity index (χ2n) is 7.42. The van der Waals surface area contributed by atoms with Crippen molar-refractivity contribution in [3.05, 3.63) is 41.7 Å². The third kappa shape index (κ3) is 2.71. The zero-order valence-corrected chi connectivity index (χ0v) is 16.7. The van der Waals surface area contributed by atoms with Crippen LogP contribution in [0.2, 0.25) is 0 Å². The number of likely N-dealkylation sites (N-methyl/N-ethyl adjacent to an activating group) is 2. The Morgan fingerprint density at radius 2 is 1.79 bits per heavy atom. The summed E-state index contributed by atoms with van der Waals surface area (Å²) < 4.78 is 0. The van der Waals surface area contributed by atoms with Crippen molar-refractivity contribution in [2.45, 2.75) is 32.5 Å². The normalized spacial score (nSPS) is 24.1. The van der Waals surface area contributed by atoms with E-state index < -0.39 is 12.2 Å². The largest absolute Gasteiger partial charge is 0.385 e. The first kappa shape index (κ1) is 18.3. The van der Waals surface area contributed by atoms with Crippen LogP contribution >= 0.6 is 0 Å². The van der Waals surface area contributed by atoms with Gasteiger partial charge in [0.1, 0.15) is 0 Å². The van der Waals surface area contributed by atoms with E-state index in [1.807, 2.05) is 42.2 Å². The molecule has 148 valence electrons. The second-order valence-corrected chi connectivity index (χ2v) is 7.42. The number of guanidine groups is 1. The number of hydrogen-bond acceptors (Lipinski definition) is 6. The molecular formula is C20H26N6O2. The molecule has 0 aliphatic carbocycles. The minimum atomic E-state index is -0.481. The summed E-state index contributed by atoms with van der Waals surface area (Å²) in [6, 6.07) is 9.33. The second kappa shape index (κ2) is 6.85. The Kier molecular flexibility index (Phi) is 4.49. The fraction of sp³-hybridized carbons (Fsp3) is 0.450. The molecule has 4 rings (SSSR count). The van der Waals surface area contributed by atoms with Gasteiger partial charge in [0.15, 0.2) is 12.2 Å². The van der Waals surface area contributed by atoms with E-state index in [4.69, 9.17) is 4.99 Å². The molecule has 0 spiro atoms. The number of amides is 3. The zero-order valence-electron chi connectivity index (χ0n) is 16.7. The summed E-state index contributed by atoms with van der Waals surface area (Å²) in [5.41, 5.74) is 3.23. The van der Waals surface area contributed by atoms with Gasteiger partial charge in [0.05, 0.1) is 0 Å². The number of urea groups is 1. The average Bonchev–Trinajstić information content (AvgIpc) is 3.20. The van der Waals surface area contributed by atoms with E-state index in [9.17, 15) is 9.59 Å². The molecule has 0 aromatic heterocycles. The maximum atomic E-state index is 12.8. The van der Waals surface area contributed by atoms with E-state index in [0.717, 1.165) is 42.6 Å². The van der Waals surface area contributed by atoms with Crippen LogP contribution in [0.3, 0.4) is 0 Å². The molecule has 2 atom stereocenters. The van der Waals surface area contributed by atoms with E-state index in [0.29, 0.717) is 0 Å². The number of fused-ring (bicyclic) bond motifs is 3. The smallest absolute Gasteiger partial charge is 0.328 e. The van der Waals surface area contributed by atoms with Crippen LogP contribution in [0.15, 0.2) is 46.7 Å². The lowest BCUT2D eigenvalue weighted by Gasteiger charge is -2.39. The van der Waals surface area contributed by atoms with Gasteiger partial charge in [-0.2, -0.15) is 0 Å². The highest BCUT2D eigenvalue weighted by Crippen LogP contribution is 2.37. The van der Waals surface area contributed by atoms with Gasteiger partial charge >= 0.3 is 6.03 Å². The van der Waals surface area contributed by atoms with Gasteiger partial charge in [-0.05, 0) is 32.4 Å². The van der Waals surface area contributed by atoms with Crippen molar-refractivity contribution in [3.8, 4) is 0 Å². The molecule has 3 aliphatic rings. The number of rotatable bonds is 5. The van der Waals surface area contributed by atoms with Crippen molar-refractivity contribution in [1.82, 2.24) is 19.6 Å². The van der Waals surface area contributed by atoms with Gasteiger partial charge in [-0.25, -0.2) is 9.79 Å². The summed E-state index contributed by atoms with van der Waals surface area (Å²) in [7, 11) is 3.24. The van der Waals surface area contributed by atoms with E-state index in [2.05, 4.69) is 17.1 Å². The number of para-hydroxylation sites is 1. The first-order valence-electron chi connectivity index (χ1n) is 9.57. The molecule has 1 saturated heterocycles. The van der Waals surface area contributed by atoms with E-state index in [-0.39, 0.29) is 11.9 Å². The SMILES string of the molecule is CC1=C(C)N2C(=NC3C2C(=O)N(C)C(=O)N3C)N1CCCNc1ccccc1. The summed E-state index contributed by atoms with van der Waals surface area (Å²) in [4.78, 5) is 36.7. The van der Waals surface area contributed by atoms with Crippen molar-refractivity contribution >= 4 is 23.6 Å². The Hall–Kier alpha value is -3.03. The summed E-state index contributed by atoms with van der Waals surface area (Å²) in [5, 5.41) is 3.42. The fourth-order valence-corrected chi connectivity index (χ4v) is 4.06. The molecule has 2 unspecified atom stereocenters. The van der Waals surface area contributed by atoms with Crippen molar-refractivity contribution in [2.75, 3.05) is 32.5 Å². The molecule has 0 bridgehead atoms. The third-order valence-corrected chi connectivity index (χ3v) is 5.79. The lowest BCUT2D eigenvalue weighted by molar-refractivity contribution is -0.135. The number of nitrogens with one attached hydrogen (secondary N) is 1. The summed E-state index contributed by atoms with van der Waals surface area (Å²) in [5.74, 6) is 0.569. The fourth-order valence-electron chi connectivity index (χ4n) is 4.06. The molecule has 0 saturated carbocycles. The van der Waals surface area contributed by atoms with E-state index in [1.165, 1.54) is 11.9 Å². The molecule has 1 aromatic carbocycles. The van der Waals surface area contributed by atoms with Gasteiger partial charge < -0.3 is 15.1 Å².